The standard InChI is InChI=1S/C16H20FNO2/c1-12-9-18(10-13(2)20-12)11-15-6-5-14(4-3-7-19)8-16(15)17/h5-6,8,12-13,19H,7,9-11H2,1-2H3/t12-,13+. The summed E-state index contributed by atoms with van der Waals surface area (Å²) in [5.41, 5.74) is 1.25. The molecule has 1 aromatic carbocycles. The van der Waals surface area contributed by atoms with Crippen molar-refractivity contribution in [2.75, 3.05) is 19.7 Å². The van der Waals surface area contributed by atoms with Crippen molar-refractivity contribution in [3.05, 3.63) is 35.1 Å². The predicted molar refractivity (Wildman–Crippen MR) is 75.6 cm³/mol. The summed E-state index contributed by atoms with van der Waals surface area (Å²) in [6, 6.07) is 4.97. The third kappa shape index (κ3) is 4.04. The maximum Gasteiger partial charge on any atom is 0.128 e. The Bertz CT molecular complexity index is 511. The summed E-state index contributed by atoms with van der Waals surface area (Å²) in [5.74, 6) is 4.97. The molecule has 3 nitrogen and oxygen atoms in total. The highest BCUT2D eigenvalue weighted by atomic mass is 19.1. The minimum absolute atomic E-state index is 0.177. The number of nitrogens with zero attached hydrogens (tertiary/aromatic N) is 1. The summed E-state index contributed by atoms with van der Waals surface area (Å²) >= 11 is 0. The Balaban J connectivity index is 2.06. The molecule has 0 radical (unpaired) electrons. The van der Waals surface area contributed by atoms with Gasteiger partial charge in [0.2, 0.25) is 0 Å². The fourth-order valence-corrected chi connectivity index (χ4v) is 2.55. The van der Waals surface area contributed by atoms with Gasteiger partial charge in [-0.25, -0.2) is 4.39 Å². The number of morpholine rings is 1. The van der Waals surface area contributed by atoms with Gasteiger partial charge in [0.15, 0.2) is 0 Å². The molecule has 2 atom stereocenters. The highest BCUT2D eigenvalue weighted by Crippen LogP contribution is 2.17. The molecule has 1 aliphatic heterocycles. The fraction of sp³-hybridized carbons (Fsp3) is 0.500. The zero-order valence-electron chi connectivity index (χ0n) is 11.9. The van der Waals surface area contributed by atoms with Crippen molar-refractivity contribution >= 4 is 0 Å². The molecule has 1 fully saturated rings. The summed E-state index contributed by atoms with van der Waals surface area (Å²) in [7, 11) is 0. The minimum Gasteiger partial charge on any atom is -0.384 e. The molecule has 0 aliphatic carbocycles. The molecule has 1 saturated heterocycles. The Kier molecular flexibility index (Phi) is 5.13. The van der Waals surface area contributed by atoms with Crippen molar-refractivity contribution < 1.29 is 14.2 Å². The molecule has 0 saturated carbocycles. The molecule has 20 heavy (non-hydrogen) atoms. The molecule has 1 aliphatic rings. The first-order valence-electron chi connectivity index (χ1n) is 6.84. The van der Waals surface area contributed by atoms with Crippen LogP contribution in [0.2, 0.25) is 0 Å². The van der Waals surface area contributed by atoms with Crippen LogP contribution in [0.5, 0.6) is 0 Å². The lowest BCUT2D eigenvalue weighted by atomic mass is 10.1. The van der Waals surface area contributed by atoms with Crippen LogP contribution in [-0.4, -0.2) is 41.9 Å². The van der Waals surface area contributed by atoms with Crippen LogP contribution >= 0.6 is 0 Å². The summed E-state index contributed by atoms with van der Waals surface area (Å²) < 4.78 is 19.7. The summed E-state index contributed by atoms with van der Waals surface area (Å²) in [4.78, 5) is 2.20. The van der Waals surface area contributed by atoms with E-state index in [0.29, 0.717) is 17.7 Å². The van der Waals surface area contributed by atoms with Crippen LogP contribution in [0.4, 0.5) is 4.39 Å². The Morgan fingerprint density at radius 1 is 1.35 bits per heavy atom. The molecule has 0 spiro atoms. The lowest BCUT2D eigenvalue weighted by Crippen LogP contribution is -2.44. The van der Waals surface area contributed by atoms with Gasteiger partial charge >= 0.3 is 0 Å². The van der Waals surface area contributed by atoms with Gasteiger partial charge in [-0.15, -0.1) is 0 Å². The van der Waals surface area contributed by atoms with Gasteiger partial charge in [-0.1, -0.05) is 17.9 Å². The molecule has 0 bridgehead atoms. The van der Waals surface area contributed by atoms with Crippen LogP contribution < -0.4 is 0 Å². The van der Waals surface area contributed by atoms with Crippen LogP contribution in [0.25, 0.3) is 0 Å². The number of rotatable bonds is 2. The normalized spacial score (nSPS) is 23.2. The zero-order valence-corrected chi connectivity index (χ0v) is 11.9. The van der Waals surface area contributed by atoms with Crippen LogP contribution in [0.15, 0.2) is 18.2 Å². The SMILES string of the molecule is C[C@@H]1CN(Cc2ccc(C#CCO)cc2F)C[C@H](C)O1. The first-order valence-corrected chi connectivity index (χ1v) is 6.84. The highest BCUT2D eigenvalue weighted by Gasteiger charge is 2.22. The summed E-state index contributed by atoms with van der Waals surface area (Å²) in [6.45, 7) is 6.06. The van der Waals surface area contributed by atoms with Gasteiger partial charge < -0.3 is 9.84 Å². The average Bonchev–Trinajstić information content (AvgIpc) is 2.38. The molecule has 0 amide bonds. The van der Waals surface area contributed by atoms with Gasteiger partial charge in [0.25, 0.3) is 0 Å². The first-order chi connectivity index (χ1) is 9.58. The van der Waals surface area contributed by atoms with Gasteiger partial charge in [-0.3, -0.25) is 4.90 Å². The fourth-order valence-electron chi connectivity index (χ4n) is 2.55. The van der Waals surface area contributed by atoms with Crippen LogP contribution in [0, 0.1) is 17.7 Å². The molecule has 4 heteroatoms. The van der Waals surface area contributed by atoms with Gasteiger partial charge in [-0.05, 0) is 26.0 Å². The second-order valence-corrected chi connectivity index (χ2v) is 5.22. The molecule has 1 aromatic rings. The Hall–Kier alpha value is -1.41. The van der Waals surface area contributed by atoms with E-state index in [1.165, 1.54) is 6.07 Å². The van der Waals surface area contributed by atoms with Crippen LogP contribution in [0.1, 0.15) is 25.0 Å². The van der Waals surface area contributed by atoms with E-state index in [4.69, 9.17) is 9.84 Å². The maximum atomic E-state index is 14.0. The molecule has 1 heterocycles. The lowest BCUT2D eigenvalue weighted by molar-refractivity contribution is -0.0707. The van der Waals surface area contributed by atoms with Gasteiger partial charge in [0.1, 0.15) is 12.4 Å². The quantitative estimate of drug-likeness (QED) is 0.836. The van der Waals surface area contributed by atoms with Crippen LogP contribution in [0.3, 0.4) is 0 Å². The summed E-state index contributed by atoms with van der Waals surface area (Å²) in [5, 5.41) is 8.63. The Labute approximate surface area is 119 Å². The number of halogens is 1. The first kappa shape index (κ1) is 15.0. The third-order valence-corrected chi connectivity index (χ3v) is 3.25. The molecule has 2 rings (SSSR count). The smallest absolute Gasteiger partial charge is 0.128 e. The number of aliphatic hydroxyl groups is 1. The molecule has 1 N–H and O–H groups in total. The van der Waals surface area contributed by atoms with E-state index in [1.54, 1.807) is 12.1 Å². The van der Waals surface area contributed by atoms with Crippen molar-refractivity contribution in [1.29, 1.82) is 0 Å². The second-order valence-electron chi connectivity index (χ2n) is 5.22. The van der Waals surface area contributed by atoms with Crippen molar-refractivity contribution in [3.63, 3.8) is 0 Å². The number of benzene rings is 1. The van der Waals surface area contributed by atoms with E-state index in [0.717, 1.165) is 13.1 Å². The van der Waals surface area contributed by atoms with E-state index in [2.05, 4.69) is 16.7 Å². The average molecular weight is 277 g/mol. The van der Waals surface area contributed by atoms with E-state index >= 15 is 0 Å². The third-order valence-electron chi connectivity index (χ3n) is 3.25. The zero-order chi connectivity index (χ0) is 14.5. The van der Waals surface area contributed by atoms with Crippen molar-refractivity contribution in [2.45, 2.75) is 32.6 Å². The molecular formula is C16H20FNO2. The predicted octanol–water partition coefficient (Wildman–Crippen LogP) is 1.78. The van der Waals surface area contributed by atoms with Crippen molar-refractivity contribution in [3.8, 4) is 11.8 Å². The van der Waals surface area contributed by atoms with Crippen molar-refractivity contribution in [1.82, 2.24) is 4.90 Å². The minimum atomic E-state index is -0.249. The van der Waals surface area contributed by atoms with Gasteiger partial charge in [0.05, 0.1) is 12.2 Å². The van der Waals surface area contributed by atoms with E-state index in [1.807, 2.05) is 13.8 Å². The highest BCUT2D eigenvalue weighted by molar-refractivity contribution is 5.37. The van der Waals surface area contributed by atoms with Crippen molar-refractivity contribution in [2.24, 2.45) is 0 Å². The lowest BCUT2D eigenvalue weighted by Gasteiger charge is -2.35. The van der Waals surface area contributed by atoms with Gasteiger partial charge in [-0.2, -0.15) is 0 Å². The van der Waals surface area contributed by atoms with E-state index in [9.17, 15) is 4.39 Å². The molecule has 0 unspecified atom stereocenters. The van der Waals surface area contributed by atoms with Gasteiger partial charge in [0, 0.05) is 30.8 Å². The number of hydrogen-bond donors (Lipinski definition) is 1. The second kappa shape index (κ2) is 6.85. The van der Waals surface area contributed by atoms with E-state index < -0.39 is 0 Å². The molecule has 108 valence electrons. The maximum absolute atomic E-state index is 14.0. The largest absolute Gasteiger partial charge is 0.384 e. The number of aliphatic hydroxyl groups excluding tert-OH is 1. The Morgan fingerprint density at radius 2 is 2.05 bits per heavy atom. The van der Waals surface area contributed by atoms with E-state index in [-0.39, 0.29) is 24.6 Å². The molecular weight excluding hydrogens is 257 g/mol. The monoisotopic (exact) mass is 277 g/mol. The number of hydrogen-bond acceptors (Lipinski definition) is 3. The topological polar surface area (TPSA) is 32.7 Å². The Morgan fingerprint density at radius 3 is 2.65 bits per heavy atom. The molecule has 0 aromatic heterocycles. The number of ether oxygens (including phenoxy) is 1. The van der Waals surface area contributed by atoms with Crippen LogP contribution in [-0.2, 0) is 11.3 Å². The summed E-state index contributed by atoms with van der Waals surface area (Å²) in [6.07, 6.45) is 0.355.